The molecule has 25 heavy (non-hydrogen) atoms. The third-order valence-corrected chi connectivity index (χ3v) is 5.47. The number of primary sulfonamides is 1. The summed E-state index contributed by atoms with van der Waals surface area (Å²) < 4.78 is 24.2. The number of aliphatic hydroxyl groups is 1. The van der Waals surface area contributed by atoms with E-state index in [0.717, 1.165) is 11.0 Å². The van der Waals surface area contributed by atoms with Crippen molar-refractivity contribution in [3.05, 3.63) is 30.1 Å². The van der Waals surface area contributed by atoms with E-state index >= 15 is 0 Å². The lowest BCUT2D eigenvalue weighted by Crippen LogP contribution is -2.31. The number of aryl methyl sites for hydroxylation is 1. The number of carbonyl (C=O) groups is 1. The molecule has 8 nitrogen and oxygen atoms in total. The molecule has 1 saturated heterocycles. The van der Waals surface area contributed by atoms with Crippen molar-refractivity contribution in [1.82, 2.24) is 14.5 Å². The van der Waals surface area contributed by atoms with Gasteiger partial charge in [-0.25, -0.2) is 18.5 Å². The number of fused-ring (bicyclic) bond motifs is 1. The molecule has 2 heterocycles. The van der Waals surface area contributed by atoms with E-state index in [2.05, 4.69) is 4.98 Å². The predicted octanol–water partition coefficient (Wildman–Crippen LogP) is 0.0557. The van der Waals surface area contributed by atoms with Crippen molar-refractivity contribution in [2.24, 2.45) is 11.1 Å². The van der Waals surface area contributed by atoms with Crippen LogP contribution in [0, 0.1) is 5.92 Å². The third-order valence-electron chi connectivity index (χ3n) is 4.53. The zero-order chi connectivity index (χ0) is 18.0. The van der Waals surface area contributed by atoms with Gasteiger partial charge in [0, 0.05) is 26.1 Å². The van der Waals surface area contributed by atoms with Crippen LogP contribution in [0.15, 0.2) is 24.3 Å². The van der Waals surface area contributed by atoms with Crippen molar-refractivity contribution in [2.75, 3.05) is 18.8 Å². The van der Waals surface area contributed by atoms with Gasteiger partial charge in [-0.1, -0.05) is 12.1 Å². The maximum atomic E-state index is 12.4. The average molecular weight is 366 g/mol. The molecule has 1 aromatic carbocycles. The number of nitrogens with two attached hydrogens (primary N) is 1. The van der Waals surface area contributed by atoms with Crippen LogP contribution in [0.1, 0.15) is 18.7 Å². The van der Waals surface area contributed by atoms with Crippen molar-refractivity contribution in [2.45, 2.75) is 26.0 Å². The minimum atomic E-state index is -3.52. The Kier molecular flexibility index (Phi) is 5.07. The maximum Gasteiger partial charge on any atom is 0.224 e. The number of hydrogen-bond donors (Lipinski definition) is 2. The maximum absolute atomic E-state index is 12.4. The summed E-state index contributed by atoms with van der Waals surface area (Å²) >= 11 is 0. The molecule has 136 valence electrons. The van der Waals surface area contributed by atoms with Crippen LogP contribution in [-0.4, -0.2) is 52.7 Å². The molecule has 1 atom stereocenters. The first-order valence-electron chi connectivity index (χ1n) is 8.20. The van der Waals surface area contributed by atoms with Crippen molar-refractivity contribution in [1.29, 1.82) is 0 Å². The number of rotatable bonds is 6. The Labute approximate surface area is 146 Å². The number of imidazole rings is 1. The molecule has 1 aliphatic rings. The fourth-order valence-electron chi connectivity index (χ4n) is 3.38. The molecule has 0 unspecified atom stereocenters. The minimum absolute atomic E-state index is 0.0291. The van der Waals surface area contributed by atoms with Gasteiger partial charge in [-0.3, -0.25) is 4.79 Å². The minimum Gasteiger partial charge on any atom is -0.388 e. The fourth-order valence-corrected chi connectivity index (χ4v) is 4.31. The van der Waals surface area contributed by atoms with E-state index < -0.39 is 10.0 Å². The smallest absolute Gasteiger partial charge is 0.224 e. The highest BCUT2D eigenvalue weighted by Gasteiger charge is 2.28. The van der Waals surface area contributed by atoms with Crippen LogP contribution < -0.4 is 5.14 Å². The van der Waals surface area contributed by atoms with E-state index in [1.807, 2.05) is 28.8 Å². The van der Waals surface area contributed by atoms with Crippen LogP contribution in [0.25, 0.3) is 11.0 Å². The second-order valence-corrected chi connectivity index (χ2v) is 8.06. The summed E-state index contributed by atoms with van der Waals surface area (Å²) in [6.07, 6.45) is 0.924. The Morgan fingerprint density at radius 1 is 1.36 bits per heavy atom. The van der Waals surface area contributed by atoms with E-state index in [4.69, 9.17) is 5.14 Å². The third kappa shape index (κ3) is 4.17. The molecule has 3 rings (SSSR count). The topological polar surface area (TPSA) is 119 Å². The molecule has 0 radical (unpaired) electrons. The van der Waals surface area contributed by atoms with Gasteiger partial charge in [0.15, 0.2) is 0 Å². The summed E-state index contributed by atoms with van der Waals surface area (Å²) in [5.74, 6) is 0.319. The Morgan fingerprint density at radius 3 is 2.84 bits per heavy atom. The number of para-hydroxylation sites is 2. The first-order valence-corrected chi connectivity index (χ1v) is 9.92. The number of aliphatic hydroxyl groups excluding tert-OH is 1. The van der Waals surface area contributed by atoms with Gasteiger partial charge in [0.05, 0.1) is 16.8 Å². The number of nitrogens with zero attached hydrogens (tertiary/aromatic N) is 3. The first kappa shape index (κ1) is 17.8. The zero-order valence-electron chi connectivity index (χ0n) is 13.8. The second kappa shape index (κ2) is 7.11. The van der Waals surface area contributed by atoms with Gasteiger partial charge in [-0.15, -0.1) is 0 Å². The summed E-state index contributed by atoms with van der Waals surface area (Å²) in [5, 5.41) is 14.6. The van der Waals surface area contributed by atoms with Gasteiger partial charge in [0.25, 0.3) is 0 Å². The molecule has 2 aromatic rings. The van der Waals surface area contributed by atoms with E-state index in [1.54, 1.807) is 4.90 Å². The number of carbonyl (C=O) groups excluding carboxylic acids is 1. The van der Waals surface area contributed by atoms with E-state index in [9.17, 15) is 18.3 Å². The van der Waals surface area contributed by atoms with Crippen molar-refractivity contribution >= 4 is 27.0 Å². The van der Waals surface area contributed by atoms with Crippen molar-refractivity contribution < 1.29 is 18.3 Å². The highest BCUT2D eigenvalue weighted by molar-refractivity contribution is 7.89. The summed E-state index contributed by atoms with van der Waals surface area (Å²) in [7, 11) is -3.52. The van der Waals surface area contributed by atoms with Gasteiger partial charge in [-0.2, -0.15) is 0 Å². The second-order valence-electron chi connectivity index (χ2n) is 6.40. The van der Waals surface area contributed by atoms with E-state index in [0.29, 0.717) is 31.9 Å². The Balaban J connectivity index is 1.64. The first-order chi connectivity index (χ1) is 11.9. The van der Waals surface area contributed by atoms with Crippen LogP contribution in [0.2, 0.25) is 0 Å². The molecule has 9 heteroatoms. The van der Waals surface area contributed by atoms with Gasteiger partial charge in [0.2, 0.25) is 15.9 Å². The molecule has 0 saturated carbocycles. The predicted molar refractivity (Wildman–Crippen MR) is 92.9 cm³/mol. The van der Waals surface area contributed by atoms with Crippen LogP contribution in [0.3, 0.4) is 0 Å². The Bertz CT molecular complexity index is 877. The number of likely N-dealkylation sites (tertiary alicyclic amines) is 1. The molecule has 1 fully saturated rings. The van der Waals surface area contributed by atoms with Crippen LogP contribution in [-0.2, 0) is 28.0 Å². The summed E-state index contributed by atoms with van der Waals surface area (Å²) in [6.45, 7) is 1.21. The SMILES string of the molecule is NS(=O)(=O)C[C@H]1CCN(C(=O)CCn2c(CO)nc3ccccc32)C1. The lowest BCUT2D eigenvalue weighted by atomic mass is 10.2. The quantitative estimate of drug-likeness (QED) is 0.749. The molecule has 0 aliphatic carbocycles. The summed E-state index contributed by atoms with van der Waals surface area (Å²) in [4.78, 5) is 18.5. The standard InChI is InChI=1S/C16H22N4O4S/c17-25(23,24)11-12-5-7-19(9-12)16(22)6-8-20-14-4-2-1-3-13(14)18-15(20)10-21/h1-4,12,21H,5-11H2,(H2,17,23,24)/t12-/m0/s1. The van der Waals surface area contributed by atoms with E-state index in [1.165, 1.54) is 0 Å². The summed E-state index contributed by atoms with van der Waals surface area (Å²) in [6, 6.07) is 7.54. The largest absolute Gasteiger partial charge is 0.388 e. The van der Waals surface area contributed by atoms with Crippen LogP contribution in [0.4, 0.5) is 0 Å². The van der Waals surface area contributed by atoms with Crippen LogP contribution in [0.5, 0.6) is 0 Å². The molecular formula is C16H22N4O4S. The monoisotopic (exact) mass is 366 g/mol. The van der Waals surface area contributed by atoms with Crippen molar-refractivity contribution in [3.63, 3.8) is 0 Å². The fraction of sp³-hybridized carbons (Fsp3) is 0.500. The van der Waals surface area contributed by atoms with E-state index in [-0.39, 0.29) is 30.6 Å². The molecule has 0 spiro atoms. The lowest BCUT2D eigenvalue weighted by Gasteiger charge is -2.17. The molecular weight excluding hydrogens is 344 g/mol. The highest BCUT2D eigenvalue weighted by atomic mass is 32.2. The molecule has 0 bridgehead atoms. The normalized spacial score (nSPS) is 18.2. The number of benzene rings is 1. The van der Waals surface area contributed by atoms with Gasteiger partial charge < -0.3 is 14.6 Å². The Hall–Kier alpha value is -1.97. The van der Waals surface area contributed by atoms with Gasteiger partial charge in [0.1, 0.15) is 12.4 Å². The molecule has 1 aliphatic heterocycles. The van der Waals surface area contributed by atoms with Gasteiger partial charge in [-0.05, 0) is 24.5 Å². The zero-order valence-corrected chi connectivity index (χ0v) is 14.7. The van der Waals surface area contributed by atoms with Crippen LogP contribution >= 0.6 is 0 Å². The molecule has 1 aromatic heterocycles. The molecule has 1 amide bonds. The average Bonchev–Trinajstić information content (AvgIpc) is 3.15. The Morgan fingerprint density at radius 2 is 2.12 bits per heavy atom. The van der Waals surface area contributed by atoms with Crippen molar-refractivity contribution in [3.8, 4) is 0 Å². The highest BCUT2D eigenvalue weighted by Crippen LogP contribution is 2.20. The number of amides is 1. The lowest BCUT2D eigenvalue weighted by molar-refractivity contribution is -0.130. The number of sulfonamides is 1. The number of aromatic nitrogens is 2. The van der Waals surface area contributed by atoms with Gasteiger partial charge >= 0.3 is 0 Å². The number of hydrogen-bond acceptors (Lipinski definition) is 5. The molecule has 3 N–H and O–H groups in total. The summed E-state index contributed by atoms with van der Waals surface area (Å²) in [5.41, 5.74) is 1.67.